The standard InChI is InChI=1S/C56H80N6O6/c1-11-39(3)49(63)57-47(55(5,6)7)53(67)61-32-20-28-45(61)37-59(34-30-41-22-15-13-16-23-41)51(65)43-26-19-27-44(36-43)52(66)60(35-31-42-24-17-14-18-25-42)38-46-29-21-33-62(46)54(68)48(56(8,9)10)58-50(64)40(4)12-2/h13-19,22-27,36,39-40,45-48H,11-12,20-21,28-35,37-38H2,1-10H3,(H,57,63)(H,58,64)/t39-,40-,45+,46+,47-,48-/m1/s1. The van der Waals surface area contributed by atoms with Gasteiger partial charge in [-0.1, -0.05) is 136 Å². The van der Waals surface area contributed by atoms with E-state index in [0.717, 1.165) is 24.0 Å². The topological polar surface area (TPSA) is 139 Å². The van der Waals surface area contributed by atoms with Crippen molar-refractivity contribution in [2.24, 2.45) is 22.7 Å². The number of amides is 6. The Bertz CT molecular complexity index is 2020. The molecule has 2 heterocycles. The van der Waals surface area contributed by atoms with Gasteiger partial charge in [0.25, 0.3) is 11.8 Å². The molecule has 370 valence electrons. The molecular weight excluding hydrogens is 853 g/mol. The van der Waals surface area contributed by atoms with Crippen molar-refractivity contribution in [3.63, 3.8) is 0 Å². The fourth-order valence-electron chi connectivity index (χ4n) is 9.23. The first-order chi connectivity index (χ1) is 32.2. The Kier molecular flexibility index (Phi) is 19.0. The van der Waals surface area contributed by atoms with Gasteiger partial charge in [0.15, 0.2) is 0 Å². The normalized spacial score (nSPS) is 18.0. The summed E-state index contributed by atoms with van der Waals surface area (Å²) in [4.78, 5) is 92.3. The zero-order chi connectivity index (χ0) is 49.8. The summed E-state index contributed by atoms with van der Waals surface area (Å²) >= 11 is 0. The smallest absolute Gasteiger partial charge is 0.253 e. The second kappa shape index (κ2) is 24.2. The van der Waals surface area contributed by atoms with Crippen LogP contribution in [-0.2, 0) is 32.0 Å². The number of hydrogen-bond donors (Lipinski definition) is 2. The lowest BCUT2D eigenvalue weighted by molar-refractivity contribution is -0.141. The van der Waals surface area contributed by atoms with Gasteiger partial charge in [-0.15, -0.1) is 0 Å². The highest BCUT2D eigenvalue weighted by molar-refractivity contribution is 6.00. The molecule has 2 N–H and O–H groups in total. The molecule has 6 amide bonds. The molecule has 3 aromatic rings. The summed E-state index contributed by atoms with van der Waals surface area (Å²) in [5.74, 6) is -1.48. The van der Waals surface area contributed by atoms with Crippen LogP contribution in [-0.4, -0.2) is 118 Å². The Morgan fingerprint density at radius 2 is 0.941 bits per heavy atom. The van der Waals surface area contributed by atoms with Gasteiger partial charge in [0.1, 0.15) is 12.1 Å². The maximum atomic E-state index is 14.9. The van der Waals surface area contributed by atoms with E-state index in [1.165, 1.54) is 0 Å². The van der Waals surface area contributed by atoms with Crippen LogP contribution in [0.4, 0.5) is 0 Å². The molecule has 2 aliphatic rings. The third-order valence-electron chi connectivity index (χ3n) is 14.1. The van der Waals surface area contributed by atoms with Crippen LogP contribution < -0.4 is 10.6 Å². The van der Waals surface area contributed by atoms with Gasteiger partial charge in [-0.25, -0.2) is 0 Å². The van der Waals surface area contributed by atoms with E-state index in [0.29, 0.717) is 88.9 Å². The number of rotatable bonds is 20. The molecule has 12 heteroatoms. The third-order valence-corrected chi connectivity index (χ3v) is 14.1. The maximum absolute atomic E-state index is 14.9. The van der Waals surface area contributed by atoms with E-state index in [2.05, 4.69) is 10.6 Å². The molecule has 2 saturated heterocycles. The lowest BCUT2D eigenvalue weighted by Gasteiger charge is -2.38. The molecule has 0 saturated carbocycles. The average molecular weight is 933 g/mol. The minimum atomic E-state index is -0.726. The van der Waals surface area contributed by atoms with E-state index in [9.17, 15) is 28.8 Å². The first-order valence-corrected chi connectivity index (χ1v) is 25.2. The molecule has 3 aromatic carbocycles. The van der Waals surface area contributed by atoms with Crippen molar-refractivity contribution in [1.29, 1.82) is 0 Å². The van der Waals surface area contributed by atoms with Crippen LogP contribution >= 0.6 is 0 Å². The van der Waals surface area contributed by atoms with Gasteiger partial charge >= 0.3 is 0 Å². The number of nitrogens with one attached hydrogen (secondary N) is 2. The van der Waals surface area contributed by atoms with E-state index >= 15 is 0 Å². The first-order valence-electron chi connectivity index (χ1n) is 25.2. The Morgan fingerprint density at radius 1 is 0.574 bits per heavy atom. The molecule has 12 nitrogen and oxygen atoms in total. The van der Waals surface area contributed by atoms with Gasteiger partial charge in [0.05, 0.1) is 0 Å². The summed E-state index contributed by atoms with van der Waals surface area (Å²) in [6.45, 7) is 21.9. The van der Waals surface area contributed by atoms with Crippen LogP contribution in [0.1, 0.15) is 140 Å². The zero-order valence-electron chi connectivity index (χ0n) is 42.7. The van der Waals surface area contributed by atoms with Crippen LogP contribution in [0.2, 0.25) is 0 Å². The molecule has 0 unspecified atom stereocenters. The van der Waals surface area contributed by atoms with Crippen LogP contribution in [0.25, 0.3) is 0 Å². The first kappa shape index (κ1) is 53.4. The maximum Gasteiger partial charge on any atom is 0.253 e. The Balaban J connectivity index is 1.42. The third kappa shape index (κ3) is 14.3. The van der Waals surface area contributed by atoms with Crippen LogP contribution in [0.3, 0.4) is 0 Å². The Hall–Kier alpha value is -5.52. The SMILES string of the molecule is CC[C@@H](C)C(=O)N[C@H](C(=O)N1CCC[C@H]1CN(CCc1ccccc1)C(=O)c1cccc(C(=O)N(CCc2ccccc2)C[C@@H]2CCCN2C(=O)[C@@H](NC(=O)[C@H](C)CC)C(C)(C)C)c1)C(C)(C)C. The van der Waals surface area contributed by atoms with Gasteiger partial charge in [0, 0.05) is 74.3 Å². The molecule has 2 aliphatic heterocycles. The Morgan fingerprint density at radius 3 is 1.28 bits per heavy atom. The predicted molar refractivity (Wildman–Crippen MR) is 270 cm³/mol. The van der Waals surface area contributed by atoms with Crippen molar-refractivity contribution in [2.45, 2.75) is 145 Å². The highest BCUT2D eigenvalue weighted by Gasteiger charge is 2.42. The number of likely N-dealkylation sites (tertiary alicyclic amines) is 2. The summed E-state index contributed by atoms with van der Waals surface area (Å²) in [6.07, 6.45) is 5.53. The van der Waals surface area contributed by atoms with Crippen LogP contribution in [0.15, 0.2) is 84.9 Å². The summed E-state index contributed by atoms with van der Waals surface area (Å²) in [7, 11) is 0. The number of hydrogen-bond acceptors (Lipinski definition) is 6. The fraction of sp³-hybridized carbons (Fsp3) is 0.571. The highest BCUT2D eigenvalue weighted by Crippen LogP contribution is 2.29. The summed E-state index contributed by atoms with van der Waals surface area (Å²) in [5, 5.41) is 6.14. The molecule has 0 bridgehead atoms. The van der Waals surface area contributed by atoms with E-state index in [1.807, 2.05) is 150 Å². The van der Waals surface area contributed by atoms with Crippen molar-refractivity contribution in [2.75, 3.05) is 39.3 Å². The lowest BCUT2D eigenvalue weighted by Crippen LogP contribution is -2.57. The molecule has 0 aliphatic carbocycles. The summed E-state index contributed by atoms with van der Waals surface area (Å²) in [6, 6.07) is 25.0. The highest BCUT2D eigenvalue weighted by atomic mass is 16.2. The molecule has 6 atom stereocenters. The Labute approximate surface area is 407 Å². The van der Waals surface area contributed by atoms with Gasteiger partial charge < -0.3 is 30.2 Å². The van der Waals surface area contributed by atoms with E-state index in [-0.39, 0.29) is 59.4 Å². The average Bonchev–Trinajstić information content (AvgIpc) is 4.00. The fourth-order valence-corrected chi connectivity index (χ4v) is 9.23. The van der Waals surface area contributed by atoms with Gasteiger partial charge in [0.2, 0.25) is 23.6 Å². The van der Waals surface area contributed by atoms with Crippen LogP contribution in [0.5, 0.6) is 0 Å². The van der Waals surface area contributed by atoms with Crippen LogP contribution in [0, 0.1) is 22.7 Å². The number of benzene rings is 3. The molecule has 0 spiro atoms. The molecular formula is C56H80N6O6. The van der Waals surface area contributed by atoms with Crippen molar-refractivity contribution >= 4 is 35.4 Å². The van der Waals surface area contributed by atoms with Gasteiger partial charge in [-0.05, 0) is 91.5 Å². The van der Waals surface area contributed by atoms with Gasteiger partial charge in [-0.2, -0.15) is 0 Å². The van der Waals surface area contributed by atoms with Crippen molar-refractivity contribution in [3.8, 4) is 0 Å². The second-order valence-electron chi connectivity index (χ2n) is 21.4. The van der Waals surface area contributed by atoms with E-state index < -0.39 is 22.9 Å². The van der Waals surface area contributed by atoms with Crippen molar-refractivity contribution in [1.82, 2.24) is 30.2 Å². The number of carbonyl (C=O) groups excluding carboxylic acids is 6. The largest absolute Gasteiger partial charge is 0.344 e. The minimum absolute atomic E-state index is 0.136. The number of nitrogens with zero attached hydrogens (tertiary/aromatic N) is 4. The zero-order valence-corrected chi connectivity index (χ0v) is 42.7. The monoisotopic (exact) mass is 933 g/mol. The second-order valence-corrected chi connectivity index (χ2v) is 21.4. The van der Waals surface area contributed by atoms with Crippen molar-refractivity contribution in [3.05, 3.63) is 107 Å². The van der Waals surface area contributed by atoms with Crippen molar-refractivity contribution < 1.29 is 28.8 Å². The minimum Gasteiger partial charge on any atom is -0.344 e. The lowest BCUT2D eigenvalue weighted by atomic mass is 9.85. The van der Waals surface area contributed by atoms with Gasteiger partial charge in [-0.3, -0.25) is 28.8 Å². The summed E-state index contributed by atoms with van der Waals surface area (Å²) < 4.78 is 0. The molecule has 68 heavy (non-hydrogen) atoms. The summed E-state index contributed by atoms with van der Waals surface area (Å²) in [5.41, 5.74) is 1.83. The van der Waals surface area contributed by atoms with E-state index in [4.69, 9.17) is 0 Å². The number of carbonyl (C=O) groups is 6. The predicted octanol–water partition coefficient (Wildman–Crippen LogP) is 8.19. The quantitative estimate of drug-likeness (QED) is 0.117. The molecule has 0 radical (unpaired) electrons. The molecule has 0 aromatic heterocycles. The molecule has 2 fully saturated rings. The molecule has 5 rings (SSSR count). The van der Waals surface area contributed by atoms with E-state index in [1.54, 1.807) is 24.3 Å².